The second kappa shape index (κ2) is 19.7. The lowest BCUT2D eigenvalue weighted by Gasteiger charge is -2.34. The highest BCUT2D eigenvalue weighted by Gasteiger charge is 2.39. The summed E-state index contributed by atoms with van der Waals surface area (Å²) in [5.74, 6) is -4.67. The van der Waals surface area contributed by atoms with Crippen LogP contribution in [0.2, 0.25) is 0 Å². The fraction of sp³-hybridized carbons (Fsp3) is 0.452. The van der Waals surface area contributed by atoms with Gasteiger partial charge in [-0.25, -0.2) is 13.2 Å². The van der Waals surface area contributed by atoms with Crippen LogP contribution < -0.4 is 10.9 Å². The fourth-order valence-corrected chi connectivity index (χ4v) is 7.16. The van der Waals surface area contributed by atoms with Crippen molar-refractivity contribution in [2.45, 2.75) is 95.8 Å². The van der Waals surface area contributed by atoms with Crippen molar-refractivity contribution in [1.29, 1.82) is 0 Å². The monoisotopic (exact) mass is 827 g/mol. The molecule has 1 aromatic heterocycles. The molecule has 0 aliphatic carbocycles. The molecule has 1 aliphatic rings. The lowest BCUT2D eigenvalue weighted by atomic mass is 9.88. The van der Waals surface area contributed by atoms with E-state index in [0.717, 1.165) is 22.9 Å². The number of likely N-dealkylation sites (tertiary alicyclic amines) is 1. The van der Waals surface area contributed by atoms with Gasteiger partial charge >= 0.3 is 18.3 Å². The summed E-state index contributed by atoms with van der Waals surface area (Å²) in [6.07, 6.45) is -6.86. The van der Waals surface area contributed by atoms with E-state index in [9.17, 15) is 49.5 Å². The van der Waals surface area contributed by atoms with Crippen molar-refractivity contribution in [2.75, 3.05) is 26.2 Å². The molecule has 2 heterocycles. The Kier molecular flexibility index (Phi) is 15.6. The molecular formula is C42H46F9N3O4. The first kappa shape index (κ1) is 45.8. The molecule has 1 fully saturated rings. The van der Waals surface area contributed by atoms with Crippen molar-refractivity contribution in [3.63, 3.8) is 0 Å². The Balaban J connectivity index is 1.84. The predicted molar refractivity (Wildman–Crippen MR) is 201 cm³/mol. The van der Waals surface area contributed by atoms with E-state index in [4.69, 9.17) is 4.74 Å². The van der Waals surface area contributed by atoms with Crippen molar-refractivity contribution in [3.05, 3.63) is 117 Å². The summed E-state index contributed by atoms with van der Waals surface area (Å²) in [5.41, 5.74) is -4.81. The van der Waals surface area contributed by atoms with Gasteiger partial charge in [-0.05, 0) is 117 Å². The van der Waals surface area contributed by atoms with Crippen LogP contribution in [-0.4, -0.2) is 53.8 Å². The van der Waals surface area contributed by atoms with E-state index in [1.807, 2.05) is 0 Å². The number of amides is 1. The summed E-state index contributed by atoms with van der Waals surface area (Å²) in [4.78, 5) is 42.0. The normalized spacial score (nSPS) is 14.7. The van der Waals surface area contributed by atoms with Gasteiger partial charge in [0.2, 0.25) is 5.91 Å². The number of rotatable bonds is 19. The van der Waals surface area contributed by atoms with Crippen LogP contribution in [0.25, 0.3) is 11.1 Å². The van der Waals surface area contributed by atoms with Crippen LogP contribution in [0.1, 0.15) is 90.9 Å². The first-order valence-corrected chi connectivity index (χ1v) is 18.8. The molecule has 16 heteroatoms. The molecule has 3 aromatic rings. The molecule has 0 radical (unpaired) electrons. The highest BCUT2D eigenvalue weighted by Crippen LogP contribution is 2.41. The van der Waals surface area contributed by atoms with E-state index >= 15 is 4.39 Å². The number of hydrogen-bond acceptors (Lipinski definition) is 5. The highest BCUT2D eigenvalue weighted by atomic mass is 19.4. The molecular weight excluding hydrogens is 781 g/mol. The SMILES string of the molecule is C=CCCCCc1cc(F)cc(C)c1-c1cc([C@H](CC(=O)OCC)NC(=O)[C@H](CC=C)n2cc(CCCN3CC(F)C3)c(C(F)(F)F)cc2=O)c(F)c(C(F)(F)F)c1. The fourth-order valence-electron chi connectivity index (χ4n) is 7.16. The van der Waals surface area contributed by atoms with Gasteiger partial charge in [-0.1, -0.05) is 12.2 Å². The maximum atomic E-state index is 16.2. The Hall–Kier alpha value is -4.86. The third kappa shape index (κ3) is 11.6. The van der Waals surface area contributed by atoms with Gasteiger partial charge < -0.3 is 14.6 Å². The number of halogens is 9. The molecule has 1 aliphatic heterocycles. The summed E-state index contributed by atoms with van der Waals surface area (Å²) in [7, 11) is 0. The van der Waals surface area contributed by atoms with Crippen LogP contribution in [0, 0.1) is 18.6 Å². The van der Waals surface area contributed by atoms with Crippen LogP contribution in [0.15, 0.2) is 66.6 Å². The number of alkyl halides is 7. The van der Waals surface area contributed by atoms with E-state index in [1.165, 1.54) is 26.0 Å². The van der Waals surface area contributed by atoms with Crippen LogP contribution in [0.5, 0.6) is 0 Å². The maximum Gasteiger partial charge on any atom is 0.419 e. The van der Waals surface area contributed by atoms with Crippen LogP contribution in [0.3, 0.4) is 0 Å². The van der Waals surface area contributed by atoms with Gasteiger partial charge in [0.1, 0.15) is 23.8 Å². The van der Waals surface area contributed by atoms with Gasteiger partial charge in [-0.15, -0.1) is 13.2 Å². The zero-order chi connectivity index (χ0) is 42.9. The second-order valence-corrected chi connectivity index (χ2v) is 14.2. The van der Waals surface area contributed by atoms with Gasteiger partial charge in [0.15, 0.2) is 0 Å². The Labute approximate surface area is 330 Å². The third-order valence-corrected chi connectivity index (χ3v) is 9.88. The molecule has 58 heavy (non-hydrogen) atoms. The molecule has 2 aromatic carbocycles. The van der Waals surface area contributed by atoms with Gasteiger partial charge in [-0.3, -0.25) is 19.3 Å². The minimum atomic E-state index is -5.29. The number of ether oxygens (including phenoxy) is 1. The summed E-state index contributed by atoms with van der Waals surface area (Å²) >= 11 is 0. The van der Waals surface area contributed by atoms with Crippen LogP contribution >= 0.6 is 0 Å². The van der Waals surface area contributed by atoms with Crippen LogP contribution in [0.4, 0.5) is 39.5 Å². The molecule has 4 rings (SSSR count). The average molecular weight is 828 g/mol. The van der Waals surface area contributed by atoms with Crippen LogP contribution in [-0.2, 0) is 39.5 Å². The zero-order valence-corrected chi connectivity index (χ0v) is 32.2. The number of carbonyl (C=O) groups excluding carboxylic acids is 2. The quantitative estimate of drug-likeness (QED) is 0.0564. The molecule has 7 nitrogen and oxygen atoms in total. The lowest BCUT2D eigenvalue weighted by Crippen LogP contribution is -2.48. The van der Waals surface area contributed by atoms with E-state index in [0.29, 0.717) is 37.0 Å². The lowest BCUT2D eigenvalue weighted by molar-refractivity contribution is -0.144. The standard InChI is InChI=1S/C42H46F9N3O4/c1-5-8-9-10-13-26-17-29(43)16-25(4)38(26)28-18-31(39(45)33(19-28)42(49,50)51)34(21-37(56)58-7-3)52-40(57)35(12-6-2)54-22-27(14-11-15-53-23-30(44)24-53)32(20-36(54)55)41(46,47)48/h5-6,16-20,22,30,34-35H,1-2,7-15,21,23-24H2,3-4H3,(H,52,57)/t34-,35-/m0/s1. The Morgan fingerprint density at radius 3 is 2.21 bits per heavy atom. The number of aryl methyl sites for hydroxylation is 3. The molecule has 1 N–H and O–H groups in total. The second-order valence-electron chi connectivity index (χ2n) is 14.2. The zero-order valence-electron chi connectivity index (χ0n) is 32.2. The predicted octanol–water partition coefficient (Wildman–Crippen LogP) is 9.55. The minimum Gasteiger partial charge on any atom is -0.466 e. The van der Waals surface area contributed by atoms with Gasteiger partial charge in [0.25, 0.3) is 5.56 Å². The first-order valence-electron chi connectivity index (χ1n) is 18.8. The van der Waals surface area contributed by atoms with Gasteiger partial charge in [0.05, 0.1) is 30.2 Å². The number of unbranched alkanes of at least 4 members (excludes halogenated alkanes) is 2. The molecule has 0 bridgehead atoms. The van der Waals surface area contributed by atoms with Crippen molar-refractivity contribution in [2.24, 2.45) is 0 Å². The number of pyridine rings is 1. The van der Waals surface area contributed by atoms with E-state index in [2.05, 4.69) is 18.5 Å². The summed E-state index contributed by atoms with van der Waals surface area (Å²) < 4.78 is 136. The largest absolute Gasteiger partial charge is 0.466 e. The summed E-state index contributed by atoms with van der Waals surface area (Å²) in [6.45, 7) is 10.5. The molecule has 2 atom stereocenters. The van der Waals surface area contributed by atoms with Gasteiger partial charge in [-0.2, -0.15) is 26.3 Å². The molecule has 0 spiro atoms. The number of allylic oxidation sites excluding steroid dienone is 2. The average Bonchev–Trinajstić information content (AvgIpc) is 3.11. The molecule has 0 saturated carbocycles. The Morgan fingerprint density at radius 1 is 0.931 bits per heavy atom. The number of aromatic nitrogens is 1. The number of esters is 1. The van der Waals surface area contributed by atoms with Crippen molar-refractivity contribution >= 4 is 11.9 Å². The van der Waals surface area contributed by atoms with Gasteiger partial charge in [0, 0.05) is 30.9 Å². The number of carbonyl (C=O) groups is 2. The summed E-state index contributed by atoms with van der Waals surface area (Å²) in [6, 6.07) is 0.676. The smallest absolute Gasteiger partial charge is 0.419 e. The number of benzene rings is 2. The number of nitrogens with one attached hydrogen (secondary N) is 1. The number of hydrogen-bond donors (Lipinski definition) is 1. The molecule has 316 valence electrons. The highest BCUT2D eigenvalue weighted by molar-refractivity contribution is 5.82. The third-order valence-electron chi connectivity index (χ3n) is 9.88. The topological polar surface area (TPSA) is 80.6 Å². The molecule has 1 amide bonds. The van der Waals surface area contributed by atoms with E-state index in [-0.39, 0.29) is 74.2 Å². The van der Waals surface area contributed by atoms with Crippen molar-refractivity contribution < 1.29 is 53.8 Å². The molecule has 1 saturated heterocycles. The Bertz CT molecular complexity index is 2020. The minimum absolute atomic E-state index is 0.134. The maximum absolute atomic E-state index is 16.2. The van der Waals surface area contributed by atoms with E-state index < -0.39 is 82.8 Å². The summed E-state index contributed by atoms with van der Waals surface area (Å²) in [5, 5.41) is 2.37. The molecule has 0 unspecified atom stereocenters. The first-order chi connectivity index (χ1) is 27.3. The van der Waals surface area contributed by atoms with Crippen molar-refractivity contribution in [3.8, 4) is 11.1 Å². The Morgan fingerprint density at radius 2 is 1.60 bits per heavy atom. The van der Waals surface area contributed by atoms with E-state index in [1.54, 1.807) is 11.0 Å². The van der Waals surface area contributed by atoms with Crippen molar-refractivity contribution in [1.82, 2.24) is 14.8 Å². The number of nitrogens with zero attached hydrogens (tertiary/aromatic N) is 2.